The van der Waals surface area contributed by atoms with Crippen LogP contribution < -0.4 is 4.90 Å². The largest absolute Gasteiger partial charge is 0.367 e. The van der Waals surface area contributed by atoms with Gasteiger partial charge in [-0.1, -0.05) is 18.2 Å². The van der Waals surface area contributed by atoms with Crippen molar-refractivity contribution in [3.63, 3.8) is 0 Å². The van der Waals surface area contributed by atoms with Crippen LogP contribution in [0.3, 0.4) is 0 Å². The van der Waals surface area contributed by atoms with Crippen molar-refractivity contribution in [2.75, 3.05) is 31.1 Å². The SMILES string of the molecule is O=C(CCCN1CCC2C(C1)c1cccc3c1N2CCCC3)c1ccc(F)cc1. The van der Waals surface area contributed by atoms with Crippen molar-refractivity contribution in [1.29, 1.82) is 0 Å². The van der Waals surface area contributed by atoms with E-state index < -0.39 is 0 Å². The first kappa shape index (κ1) is 18.8. The van der Waals surface area contributed by atoms with Crippen LogP contribution in [-0.4, -0.2) is 42.9 Å². The van der Waals surface area contributed by atoms with E-state index in [1.165, 1.54) is 44.4 Å². The molecule has 1 fully saturated rings. The van der Waals surface area contributed by atoms with Gasteiger partial charge in [0, 0.05) is 49.3 Å². The fourth-order valence-electron chi connectivity index (χ4n) is 5.64. The van der Waals surface area contributed by atoms with Gasteiger partial charge in [-0.25, -0.2) is 4.39 Å². The Bertz CT molecular complexity index is 894. The van der Waals surface area contributed by atoms with E-state index in [0.717, 1.165) is 26.1 Å². The quantitative estimate of drug-likeness (QED) is 0.683. The van der Waals surface area contributed by atoms with Crippen molar-refractivity contribution in [1.82, 2.24) is 4.90 Å². The average molecular weight is 393 g/mol. The van der Waals surface area contributed by atoms with Gasteiger partial charge in [-0.15, -0.1) is 0 Å². The number of hydrogen-bond acceptors (Lipinski definition) is 3. The van der Waals surface area contributed by atoms with Crippen LogP contribution in [0.4, 0.5) is 10.1 Å². The number of para-hydroxylation sites is 1. The van der Waals surface area contributed by atoms with Gasteiger partial charge in [-0.2, -0.15) is 0 Å². The lowest BCUT2D eigenvalue weighted by Gasteiger charge is -2.39. The Morgan fingerprint density at radius 3 is 2.79 bits per heavy atom. The van der Waals surface area contributed by atoms with E-state index >= 15 is 0 Å². The number of fused-ring (bicyclic) bond motifs is 3. The number of carbonyl (C=O) groups excluding carboxylic acids is 1. The molecule has 0 aliphatic carbocycles. The van der Waals surface area contributed by atoms with Crippen molar-refractivity contribution in [3.05, 3.63) is 65.0 Å². The molecule has 3 heterocycles. The number of carbonyl (C=O) groups is 1. The zero-order valence-corrected chi connectivity index (χ0v) is 16.9. The number of nitrogens with zero attached hydrogens (tertiary/aromatic N) is 2. The molecule has 3 aliphatic heterocycles. The van der Waals surface area contributed by atoms with E-state index in [9.17, 15) is 9.18 Å². The summed E-state index contributed by atoms with van der Waals surface area (Å²) >= 11 is 0. The standard InChI is InChI=1S/C25H29FN2O/c26-20-11-9-18(10-12-20)24(29)8-4-14-27-16-13-23-22(17-27)21-7-3-6-19-5-1-2-15-28(23)25(19)21/h3,6-7,9-12,22-23H,1-2,4-5,8,13-17H2. The van der Waals surface area contributed by atoms with Crippen LogP contribution in [0.2, 0.25) is 0 Å². The van der Waals surface area contributed by atoms with Crippen molar-refractivity contribution in [2.24, 2.45) is 0 Å². The Morgan fingerprint density at radius 1 is 1.07 bits per heavy atom. The first-order valence-electron chi connectivity index (χ1n) is 11.1. The topological polar surface area (TPSA) is 23.6 Å². The molecule has 1 saturated heterocycles. The van der Waals surface area contributed by atoms with Gasteiger partial charge in [0.1, 0.15) is 5.82 Å². The molecule has 0 aromatic heterocycles. The molecule has 2 aromatic rings. The second-order valence-electron chi connectivity index (χ2n) is 8.80. The normalized spacial score (nSPS) is 23.4. The Kier molecular flexibility index (Phi) is 5.13. The first-order valence-corrected chi connectivity index (χ1v) is 11.1. The van der Waals surface area contributed by atoms with Crippen LogP contribution in [0.25, 0.3) is 0 Å². The Hall–Kier alpha value is -2.20. The molecule has 0 spiro atoms. The summed E-state index contributed by atoms with van der Waals surface area (Å²) in [5.41, 5.74) is 5.27. The van der Waals surface area contributed by atoms with Crippen molar-refractivity contribution < 1.29 is 9.18 Å². The maximum atomic E-state index is 13.0. The molecule has 2 aromatic carbocycles. The number of aryl methyl sites for hydroxylation is 1. The molecule has 0 amide bonds. The fourth-order valence-corrected chi connectivity index (χ4v) is 5.64. The molecule has 0 radical (unpaired) electrons. The van der Waals surface area contributed by atoms with Crippen LogP contribution in [0, 0.1) is 5.82 Å². The van der Waals surface area contributed by atoms with Gasteiger partial charge in [-0.3, -0.25) is 4.79 Å². The van der Waals surface area contributed by atoms with Gasteiger partial charge < -0.3 is 9.80 Å². The second-order valence-corrected chi connectivity index (χ2v) is 8.80. The van der Waals surface area contributed by atoms with Crippen molar-refractivity contribution in [2.45, 2.75) is 50.5 Å². The number of piperidine rings is 1. The van der Waals surface area contributed by atoms with Crippen LogP contribution in [0.1, 0.15) is 59.5 Å². The molecular formula is C25H29FN2O. The highest BCUT2D eigenvalue weighted by atomic mass is 19.1. The highest BCUT2D eigenvalue weighted by Crippen LogP contribution is 2.47. The number of halogens is 1. The summed E-state index contributed by atoms with van der Waals surface area (Å²) in [5.74, 6) is 0.423. The molecule has 0 bridgehead atoms. The van der Waals surface area contributed by atoms with E-state index in [0.29, 0.717) is 23.9 Å². The van der Waals surface area contributed by atoms with Gasteiger partial charge >= 0.3 is 0 Å². The lowest BCUT2D eigenvalue weighted by atomic mass is 9.88. The van der Waals surface area contributed by atoms with Crippen molar-refractivity contribution >= 4 is 11.5 Å². The Morgan fingerprint density at radius 2 is 1.93 bits per heavy atom. The Labute approximate surface area is 172 Å². The summed E-state index contributed by atoms with van der Waals surface area (Å²) in [4.78, 5) is 17.6. The van der Waals surface area contributed by atoms with E-state index in [-0.39, 0.29) is 11.6 Å². The number of likely N-dealkylation sites (tertiary alicyclic amines) is 1. The highest BCUT2D eigenvalue weighted by molar-refractivity contribution is 5.95. The van der Waals surface area contributed by atoms with E-state index in [1.807, 2.05) is 0 Å². The molecule has 29 heavy (non-hydrogen) atoms. The third-order valence-electron chi connectivity index (χ3n) is 7.04. The predicted molar refractivity (Wildman–Crippen MR) is 114 cm³/mol. The fraction of sp³-hybridized carbons (Fsp3) is 0.480. The summed E-state index contributed by atoms with van der Waals surface area (Å²) in [6, 6.07) is 13.5. The Balaban J connectivity index is 1.22. The minimum atomic E-state index is -0.293. The van der Waals surface area contributed by atoms with Gasteiger partial charge in [0.05, 0.1) is 0 Å². The van der Waals surface area contributed by atoms with Gasteiger partial charge in [-0.05, 0) is 74.0 Å². The number of ketones is 1. The third kappa shape index (κ3) is 3.59. The molecule has 4 heteroatoms. The second kappa shape index (κ2) is 7.91. The average Bonchev–Trinajstić information content (AvgIpc) is 2.89. The minimum absolute atomic E-state index is 0.115. The summed E-state index contributed by atoms with van der Waals surface area (Å²) in [7, 11) is 0. The maximum Gasteiger partial charge on any atom is 0.162 e. The van der Waals surface area contributed by atoms with Gasteiger partial charge in [0.15, 0.2) is 5.78 Å². The smallest absolute Gasteiger partial charge is 0.162 e. The van der Waals surface area contributed by atoms with E-state index in [4.69, 9.17) is 0 Å². The minimum Gasteiger partial charge on any atom is -0.367 e. The first-order chi connectivity index (χ1) is 14.2. The van der Waals surface area contributed by atoms with Crippen molar-refractivity contribution in [3.8, 4) is 0 Å². The third-order valence-corrected chi connectivity index (χ3v) is 7.04. The lowest BCUT2D eigenvalue weighted by molar-refractivity contribution is 0.0971. The van der Waals surface area contributed by atoms with E-state index in [2.05, 4.69) is 28.0 Å². The summed E-state index contributed by atoms with van der Waals surface area (Å²) in [5, 5.41) is 0. The molecule has 152 valence electrons. The van der Waals surface area contributed by atoms with E-state index in [1.54, 1.807) is 28.9 Å². The predicted octanol–water partition coefficient (Wildman–Crippen LogP) is 4.80. The zero-order valence-electron chi connectivity index (χ0n) is 16.9. The van der Waals surface area contributed by atoms with Crippen LogP contribution in [-0.2, 0) is 6.42 Å². The molecular weight excluding hydrogens is 363 g/mol. The molecule has 0 saturated carbocycles. The van der Waals surface area contributed by atoms with Gasteiger partial charge in [0.25, 0.3) is 0 Å². The van der Waals surface area contributed by atoms with Crippen LogP contribution in [0.15, 0.2) is 42.5 Å². The lowest BCUT2D eigenvalue weighted by Crippen LogP contribution is -2.46. The highest BCUT2D eigenvalue weighted by Gasteiger charge is 2.42. The maximum absolute atomic E-state index is 13.0. The summed E-state index contributed by atoms with van der Waals surface area (Å²) < 4.78 is 13.0. The monoisotopic (exact) mass is 392 g/mol. The summed E-state index contributed by atoms with van der Waals surface area (Å²) in [6.45, 7) is 4.39. The molecule has 3 nitrogen and oxygen atoms in total. The summed E-state index contributed by atoms with van der Waals surface area (Å²) in [6.07, 6.45) is 6.43. The number of Topliss-reactive ketones (excluding diaryl/α,β-unsaturated/α-hetero) is 1. The number of hydrogen-bond donors (Lipinski definition) is 0. The van der Waals surface area contributed by atoms with Crippen LogP contribution >= 0.6 is 0 Å². The molecule has 2 unspecified atom stereocenters. The van der Waals surface area contributed by atoms with Gasteiger partial charge in [0.2, 0.25) is 0 Å². The number of benzene rings is 2. The number of anilines is 1. The molecule has 5 rings (SSSR count). The molecule has 2 atom stereocenters. The molecule has 0 N–H and O–H groups in total. The molecule has 3 aliphatic rings. The zero-order chi connectivity index (χ0) is 19.8. The van der Waals surface area contributed by atoms with Crippen LogP contribution in [0.5, 0.6) is 0 Å². The number of rotatable bonds is 5.